The molecule has 1 saturated carbocycles. The van der Waals surface area contributed by atoms with Gasteiger partial charge in [0.1, 0.15) is 0 Å². The maximum Gasteiger partial charge on any atom is 0.337 e. The van der Waals surface area contributed by atoms with Crippen LogP contribution >= 0.6 is 0 Å². The lowest BCUT2D eigenvalue weighted by molar-refractivity contribution is -0.126. The van der Waals surface area contributed by atoms with Gasteiger partial charge < -0.3 is 10.4 Å². The maximum atomic E-state index is 12.8. The number of rotatable bonds is 7. The lowest BCUT2D eigenvalue weighted by Gasteiger charge is -2.30. The van der Waals surface area contributed by atoms with E-state index < -0.39 is 16.0 Å². The highest BCUT2D eigenvalue weighted by atomic mass is 32.2. The normalized spacial score (nSPS) is 19.2. The number of carboxylic acid groups (broad SMARTS) is 1. The fraction of sp³-hybridized carbons (Fsp3) is 0.556. The summed E-state index contributed by atoms with van der Waals surface area (Å²) in [4.78, 5) is 23.3. The summed E-state index contributed by atoms with van der Waals surface area (Å²) < 4.78 is 26.9. The maximum absolute atomic E-state index is 12.8. The van der Waals surface area contributed by atoms with Gasteiger partial charge >= 0.3 is 5.97 Å². The number of amides is 1. The standard InChI is InChI=1S/C18H24N2O5S/c21-17(19-10-7-13-5-6-13)14-8-11-20(12-9-14)26(24,25)16-4-2-1-3-15(16)18(22)23/h1-4,13-14H,5-12H2,(H,19,21)(H,22,23). The lowest BCUT2D eigenvalue weighted by Crippen LogP contribution is -2.43. The molecule has 2 fully saturated rings. The number of hydrogen-bond acceptors (Lipinski definition) is 4. The second kappa shape index (κ2) is 7.75. The van der Waals surface area contributed by atoms with Gasteiger partial charge in [-0.2, -0.15) is 4.31 Å². The molecule has 8 heteroatoms. The van der Waals surface area contributed by atoms with Crippen molar-refractivity contribution < 1.29 is 23.1 Å². The molecule has 1 aromatic rings. The van der Waals surface area contributed by atoms with E-state index in [1.807, 2.05) is 0 Å². The number of piperidine rings is 1. The topological polar surface area (TPSA) is 104 Å². The van der Waals surface area contributed by atoms with E-state index in [2.05, 4.69) is 5.32 Å². The molecule has 2 N–H and O–H groups in total. The fourth-order valence-corrected chi connectivity index (χ4v) is 4.97. The zero-order chi connectivity index (χ0) is 18.7. The van der Waals surface area contributed by atoms with Crippen LogP contribution in [0.1, 0.15) is 42.5 Å². The Morgan fingerprint density at radius 1 is 1.12 bits per heavy atom. The third-order valence-electron chi connectivity index (χ3n) is 5.11. The molecule has 0 radical (unpaired) electrons. The van der Waals surface area contributed by atoms with Crippen LogP contribution in [-0.4, -0.2) is 49.3 Å². The van der Waals surface area contributed by atoms with Crippen LogP contribution in [0.2, 0.25) is 0 Å². The molecule has 0 atom stereocenters. The third-order valence-corrected chi connectivity index (χ3v) is 7.07. The molecule has 1 aromatic carbocycles. The van der Waals surface area contributed by atoms with Crippen LogP contribution in [0.15, 0.2) is 29.2 Å². The monoisotopic (exact) mass is 380 g/mol. The van der Waals surface area contributed by atoms with Gasteiger partial charge in [-0.05, 0) is 37.3 Å². The molecule has 1 aliphatic carbocycles. The predicted octanol–water partition coefficient (Wildman–Crippen LogP) is 1.70. The summed E-state index contributed by atoms with van der Waals surface area (Å²) in [6, 6.07) is 5.62. The molecule has 0 unspecified atom stereocenters. The molecular formula is C18H24N2O5S. The highest BCUT2D eigenvalue weighted by Gasteiger charge is 2.34. The van der Waals surface area contributed by atoms with Gasteiger partial charge in [-0.1, -0.05) is 25.0 Å². The van der Waals surface area contributed by atoms with Gasteiger partial charge in [0, 0.05) is 25.6 Å². The highest BCUT2D eigenvalue weighted by molar-refractivity contribution is 7.89. The SMILES string of the molecule is O=C(O)c1ccccc1S(=O)(=O)N1CCC(C(=O)NCCC2CC2)CC1. The van der Waals surface area contributed by atoms with E-state index in [9.17, 15) is 23.1 Å². The number of carbonyl (C=O) groups is 2. The fourth-order valence-electron chi connectivity index (χ4n) is 3.32. The van der Waals surface area contributed by atoms with Crippen LogP contribution < -0.4 is 5.32 Å². The minimum atomic E-state index is -3.89. The molecule has 2 aliphatic rings. The van der Waals surface area contributed by atoms with Crippen LogP contribution in [0.5, 0.6) is 0 Å². The molecule has 7 nitrogen and oxygen atoms in total. The molecule has 1 amide bonds. The number of nitrogens with zero attached hydrogens (tertiary/aromatic N) is 1. The van der Waals surface area contributed by atoms with Crippen molar-refractivity contribution in [3.8, 4) is 0 Å². The van der Waals surface area contributed by atoms with Crippen molar-refractivity contribution in [2.75, 3.05) is 19.6 Å². The zero-order valence-electron chi connectivity index (χ0n) is 14.6. The molecule has 1 heterocycles. The van der Waals surface area contributed by atoms with Gasteiger partial charge in [0.25, 0.3) is 0 Å². The van der Waals surface area contributed by atoms with E-state index in [4.69, 9.17) is 0 Å². The second-order valence-corrected chi connectivity index (χ2v) is 8.91. The molecular weight excluding hydrogens is 356 g/mol. The number of benzene rings is 1. The Kier molecular flexibility index (Phi) is 5.62. The first kappa shape index (κ1) is 18.8. The van der Waals surface area contributed by atoms with Gasteiger partial charge in [0.15, 0.2) is 0 Å². The summed E-state index contributed by atoms with van der Waals surface area (Å²) in [5.41, 5.74) is -0.229. The predicted molar refractivity (Wildman–Crippen MR) is 95.2 cm³/mol. The van der Waals surface area contributed by atoms with E-state index in [0.29, 0.717) is 19.4 Å². The van der Waals surface area contributed by atoms with Crippen LogP contribution in [0, 0.1) is 11.8 Å². The van der Waals surface area contributed by atoms with Gasteiger partial charge in [-0.3, -0.25) is 4.79 Å². The number of hydrogen-bond donors (Lipinski definition) is 2. The molecule has 1 aliphatic heterocycles. The Bertz CT molecular complexity index is 781. The highest BCUT2D eigenvalue weighted by Crippen LogP contribution is 2.32. The molecule has 0 aromatic heterocycles. The first-order chi connectivity index (χ1) is 12.4. The molecule has 0 spiro atoms. The number of nitrogens with one attached hydrogen (secondary N) is 1. The summed E-state index contributed by atoms with van der Waals surface area (Å²) in [5, 5.41) is 12.2. The van der Waals surface area contributed by atoms with Crippen molar-refractivity contribution in [1.82, 2.24) is 9.62 Å². The van der Waals surface area contributed by atoms with Crippen molar-refractivity contribution in [2.45, 2.75) is 37.0 Å². The third kappa shape index (κ3) is 4.24. The smallest absolute Gasteiger partial charge is 0.337 e. The average molecular weight is 380 g/mol. The minimum Gasteiger partial charge on any atom is -0.478 e. The molecule has 142 valence electrons. The van der Waals surface area contributed by atoms with Crippen molar-refractivity contribution >= 4 is 21.9 Å². The van der Waals surface area contributed by atoms with E-state index >= 15 is 0 Å². The van der Waals surface area contributed by atoms with Crippen LogP contribution in [0.25, 0.3) is 0 Å². The Labute approximate surface area is 153 Å². The minimum absolute atomic E-state index is 0.00589. The van der Waals surface area contributed by atoms with E-state index in [1.54, 1.807) is 0 Å². The van der Waals surface area contributed by atoms with Crippen LogP contribution in [0.4, 0.5) is 0 Å². The van der Waals surface area contributed by atoms with Crippen molar-refractivity contribution in [3.63, 3.8) is 0 Å². The van der Waals surface area contributed by atoms with E-state index in [-0.39, 0.29) is 35.4 Å². The lowest BCUT2D eigenvalue weighted by atomic mass is 9.97. The second-order valence-electron chi connectivity index (χ2n) is 7.00. The first-order valence-corrected chi connectivity index (χ1v) is 10.4. The van der Waals surface area contributed by atoms with Crippen molar-refractivity contribution in [3.05, 3.63) is 29.8 Å². The zero-order valence-corrected chi connectivity index (χ0v) is 15.4. The summed E-state index contributed by atoms with van der Waals surface area (Å²) in [5.74, 6) is -0.699. The van der Waals surface area contributed by atoms with Crippen molar-refractivity contribution in [1.29, 1.82) is 0 Å². The van der Waals surface area contributed by atoms with Crippen LogP contribution in [-0.2, 0) is 14.8 Å². The van der Waals surface area contributed by atoms with Gasteiger partial charge in [-0.25, -0.2) is 13.2 Å². The van der Waals surface area contributed by atoms with Gasteiger partial charge in [0.2, 0.25) is 15.9 Å². The Morgan fingerprint density at radius 2 is 1.77 bits per heavy atom. The quantitative estimate of drug-likeness (QED) is 0.749. The van der Waals surface area contributed by atoms with Crippen molar-refractivity contribution in [2.24, 2.45) is 11.8 Å². The van der Waals surface area contributed by atoms with Crippen LogP contribution in [0.3, 0.4) is 0 Å². The molecule has 1 saturated heterocycles. The molecule has 26 heavy (non-hydrogen) atoms. The Hall–Kier alpha value is -1.93. The van der Waals surface area contributed by atoms with E-state index in [1.165, 1.54) is 41.4 Å². The summed E-state index contributed by atoms with van der Waals surface area (Å²) in [6.45, 7) is 1.13. The van der Waals surface area contributed by atoms with Gasteiger partial charge in [0.05, 0.1) is 10.5 Å². The Balaban J connectivity index is 1.60. The summed E-state index contributed by atoms with van der Waals surface area (Å²) in [7, 11) is -3.89. The molecule has 3 rings (SSSR count). The first-order valence-electron chi connectivity index (χ1n) is 9.00. The van der Waals surface area contributed by atoms with E-state index in [0.717, 1.165) is 12.3 Å². The number of sulfonamides is 1. The van der Waals surface area contributed by atoms with Gasteiger partial charge in [-0.15, -0.1) is 0 Å². The summed E-state index contributed by atoms with van der Waals surface area (Å²) in [6.07, 6.45) is 4.42. The molecule has 0 bridgehead atoms. The average Bonchev–Trinajstić information content (AvgIpc) is 3.46. The largest absolute Gasteiger partial charge is 0.478 e. The number of carboxylic acids is 1. The number of aromatic carboxylic acids is 1. The Morgan fingerprint density at radius 3 is 2.38 bits per heavy atom. The number of carbonyl (C=O) groups excluding carboxylic acids is 1. The summed E-state index contributed by atoms with van der Waals surface area (Å²) >= 11 is 0.